The smallest absolute Gasteiger partial charge is 0.408 e. The predicted molar refractivity (Wildman–Crippen MR) is 164 cm³/mol. The minimum atomic E-state index is -0.904. The van der Waals surface area contributed by atoms with Gasteiger partial charge in [-0.15, -0.1) is 0 Å². The minimum absolute atomic E-state index is 0.184. The van der Waals surface area contributed by atoms with Crippen LogP contribution in [0.15, 0.2) is 48.5 Å². The van der Waals surface area contributed by atoms with Crippen molar-refractivity contribution in [2.24, 2.45) is 5.92 Å². The van der Waals surface area contributed by atoms with Crippen molar-refractivity contribution in [2.75, 3.05) is 19.0 Å². The summed E-state index contributed by atoms with van der Waals surface area (Å²) in [7, 11) is 1.59. The number of carbonyl (C=O) groups is 3. The summed E-state index contributed by atoms with van der Waals surface area (Å²) in [5, 5.41) is 5.82. The molecule has 0 saturated carbocycles. The first-order valence-corrected chi connectivity index (χ1v) is 14.7. The van der Waals surface area contributed by atoms with Crippen LogP contribution in [0.4, 0.5) is 10.5 Å². The summed E-state index contributed by atoms with van der Waals surface area (Å²) in [6, 6.07) is 13.0. The van der Waals surface area contributed by atoms with Crippen molar-refractivity contribution in [1.82, 2.24) is 10.2 Å². The number of rotatable bonds is 14. The molecule has 0 aliphatic carbocycles. The van der Waals surface area contributed by atoms with E-state index in [4.69, 9.17) is 9.47 Å². The van der Waals surface area contributed by atoms with E-state index in [0.717, 1.165) is 31.2 Å². The fourth-order valence-electron chi connectivity index (χ4n) is 4.48. The third-order valence-electron chi connectivity index (χ3n) is 7.00. The maximum Gasteiger partial charge on any atom is 0.408 e. The third-order valence-corrected chi connectivity index (χ3v) is 7.00. The van der Waals surface area contributed by atoms with Gasteiger partial charge in [0.15, 0.2) is 0 Å². The maximum absolute atomic E-state index is 14.4. The molecule has 2 aromatic carbocycles. The van der Waals surface area contributed by atoms with Crippen LogP contribution in [0, 0.1) is 12.8 Å². The summed E-state index contributed by atoms with van der Waals surface area (Å²) < 4.78 is 10.7. The maximum atomic E-state index is 14.4. The van der Waals surface area contributed by atoms with Gasteiger partial charge in [0.1, 0.15) is 23.4 Å². The first-order valence-electron chi connectivity index (χ1n) is 14.7. The number of unbranched alkanes of at least 4 members (excludes halogenated alkanes) is 3. The van der Waals surface area contributed by atoms with Gasteiger partial charge in [-0.25, -0.2) is 4.79 Å². The molecule has 0 fully saturated rings. The van der Waals surface area contributed by atoms with Gasteiger partial charge in [-0.05, 0) is 69.9 Å². The first-order chi connectivity index (χ1) is 19.4. The molecule has 0 radical (unpaired) electrons. The van der Waals surface area contributed by atoms with Gasteiger partial charge in [0.2, 0.25) is 5.91 Å². The molecule has 2 aromatic rings. The molecule has 2 N–H and O–H groups in total. The van der Waals surface area contributed by atoms with Crippen LogP contribution in [-0.2, 0) is 14.3 Å². The number of hydrogen-bond acceptors (Lipinski definition) is 5. The molecule has 0 saturated heterocycles. The quantitative estimate of drug-likeness (QED) is 0.239. The van der Waals surface area contributed by atoms with Gasteiger partial charge in [-0.2, -0.15) is 0 Å². The molecule has 3 atom stereocenters. The molecule has 8 nitrogen and oxygen atoms in total. The van der Waals surface area contributed by atoms with E-state index < -0.39 is 23.8 Å². The van der Waals surface area contributed by atoms with Crippen LogP contribution in [0.1, 0.15) is 90.8 Å². The summed E-state index contributed by atoms with van der Waals surface area (Å²) >= 11 is 0. The average molecular weight is 568 g/mol. The van der Waals surface area contributed by atoms with Crippen LogP contribution in [-0.4, -0.2) is 48.1 Å². The van der Waals surface area contributed by atoms with Gasteiger partial charge in [-0.1, -0.05) is 76.3 Å². The molecular weight excluding hydrogens is 518 g/mol. The molecule has 0 spiro atoms. The number of carbonyl (C=O) groups excluding carboxylic acids is 3. The molecule has 41 heavy (non-hydrogen) atoms. The number of alkyl carbamates (subject to hydrolysis) is 1. The molecule has 0 aliphatic rings. The van der Waals surface area contributed by atoms with E-state index in [9.17, 15) is 14.4 Å². The van der Waals surface area contributed by atoms with Crippen molar-refractivity contribution in [3.8, 4) is 5.75 Å². The van der Waals surface area contributed by atoms with Crippen molar-refractivity contribution in [1.29, 1.82) is 0 Å². The van der Waals surface area contributed by atoms with Gasteiger partial charge < -0.3 is 25.0 Å². The highest BCUT2D eigenvalue weighted by Gasteiger charge is 2.38. The molecule has 0 aromatic heterocycles. The van der Waals surface area contributed by atoms with Gasteiger partial charge in [0, 0.05) is 12.2 Å². The number of hydrogen-bond donors (Lipinski definition) is 2. The largest absolute Gasteiger partial charge is 0.497 e. The lowest BCUT2D eigenvalue weighted by molar-refractivity contribution is -0.142. The monoisotopic (exact) mass is 567 g/mol. The van der Waals surface area contributed by atoms with Crippen LogP contribution < -0.4 is 15.4 Å². The number of amides is 3. The summed E-state index contributed by atoms with van der Waals surface area (Å²) in [5.41, 5.74) is 1.63. The number of aryl methyl sites for hydroxylation is 1. The van der Waals surface area contributed by atoms with Gasteiger partial charge in [0.25, 0.3) is 5.91 Å². The fourth-order valence-corrected chi connectivity index (χ4v) is 4.48. The summed E-state index contributed by atoms with van der Waals surface area (Å²) in [6.45, 7) is 13.7. The Kier molecular flexibility index (Phi) is 13.2. The second kappa shape index (κ2) is 16.0. The lowest BCUT2D eigenvalue weighted by atomic mass is 9.95. The summed E-state index contributed by atoms with van der Waals surface area (Å²) in [5.74, 6) is -0.146. The number of nitrogens with one attached hydrogen (secondary N) is 2. The zero-order valence-electron chi connectivity index (χ0n) is 26.1. The molecule has 8 heteroatoms. The lowest BCUT2D eigenvalue weighted by Gasteiger charge is -2.36. The Hall–Kier alpha value is -3.55. The zero-order valence-corrected chi connectivity index (χ0v) is 26.1. The van der Waals surface area contributed by atoms with E-state index in [2.05, 4.69) is 17.6 Å². The van der Waals surface area contributed by atoms with Crippen molar-refractivity contribution in [3.05, 3.63) is 59.7 Å². The molecule has 0 bridgehead atoms. The standard InChI is InChI=1S/C33H49N3O5/c1-9-11-12-13-22-36(31(38)28(24(4)10-2)35-32(39)41-33(5,6)7)29(25-16-14-23(3)15-17-25)30(37)34-26-18-20-27(40-8)21-19-26/h14-21,24,28-29H,9-13,22H2,1-8H3,(H,34,37)(H,35,39). The van der Waals surface area contributed by atoms with Crippen molar-refractivity contribution in [3.63, 3.8) is 0 Å². The highest BCUT2D eigenvalue weighted by Crippen LogP contribution is 2.27. The fraction of sp³-hybridized carbons (Fsp3) is 0.545. The highest BCUT2D eigenvalue weighted by molar-refractivity contribution is 5.99. The van der Waals surface area contributed by atoms with E-state index in [1.807, 2.05) is 45.0 Å². The Morgan fingerprint density at radius 2 is 1.56 bits per heavy atom. The van der Waals surface area contributed by atoms with Gasteiger partial charge in [0.05, 0.1) is 7.11 Å². The first kappa shape index (κ1) is 33.7. The van der Waals surface area contributed by atoms with E-state index in [1.165, 1.54) is 0 Å². The lowest BCUT2D eigenvalue weighted by Crippen LogP contribution is -2.55. The van der Waals surface area contributed by atoms with Gasteiger partial charge in [-0.3, -0.25) is 9.59 Å². The van der Waals surface area contributed by atoms with E-state index in [1.54, 1.807) is 57.0 Å². The van der Waals surface area contributed by atoms with Crippen LogP contribution in [0.25, 0.3) is 0 Å². The van der Waals surface area contributed by atoms with Gasteiger partial charge >= 0.3 is 6.09 Å². The molecule has 2 rings (SSSR count). The molecule has 3 unspecified atom stereocenters. The SMILES string of the molecule is CCCCCCN(C(=O)C(NC(=O)OC(C)(C)C)C(C)CC)C(C(=O)Nc1ccc(OC)cc1)c1ccc(C)cc1. The number of anilines is 1. The number of benzene rings is 2. The molecule has 3 amide bonds. The Labute approximate surface area is 246 Å². The number of methoxy groups -OCH3 is 1. The zero-order chi connectivity index (χ0) is 30.6. The van der Waals surface area contributed by atoms with Crippen LogP contribution >= 0.6 is 0 Å². The van der Waals surface area contributed by atoms with E-state index in [-0.39, 0.29) is 17.7 Å². The highest BCUT2D eigenvalue weighted by atomic mass is 16.6. The number of ether oxygens (including phenoxy) is 2. The van der Waals surface area contributed by atoms with E-state index in [0.29, 0.717) is 30.0 Å². The van der Waals surface area contributed by atoms with Crippen molar-refractivity contribution < 1.29 is 23.9 Å². The molecular formula is C33H49N3O5. The normalized spacial score (nSPS) is 13.5. The van der Waals surface area contributed by atoms with Crippen LogP contribution in [0.3, 0.4) is 0 Å². The minimum Gasteiger partial charge on any atom is -0.497 e. The Bertz CT molecular complexity index is 1110. The Morgan fingerprint density at radius 1 is 0.927 bits per heavy atom. The van der Waals surface area contributed by atoms with Crippen LogP contribution in [0.5, 0.6) is 5.75 Å². The second-order valence-corrected chi connectivity index (χ2v) is 11.6. The topological polar surface area (TPSA) is 97.0 Å². The summed E-state index contributed by atoms with van der Waals surface area (Å²) in [6.07, 6.45) is 3.73. The van der Waals surface area contributed by atoms with Crippen LogP contribution in [0.2, 0.25) is 0 Å². The predicted octanol–water partition coefficient (Wildman–Crippen LogP) is 7.03. The Balaban J connectivity index is 2.53. The molecule has 0 heterocycles. The summed E-state index contributed by atoms with van der Waals surface area (Å²) in [4.78, 5) is 42.9. The number of nitrogens with zero attached hydrogens (tertiary/aromatic N) is 1. The third kappa shape index (κ3) is 10.7. The van der Waals surface area contributed by atoms with Crippen molar-refractivity contribution in [2.45, 2.75) is 98.3 Å². The van der Waals surface area contributed by atoms with E-state index >= 15 is 0 Å². The average Bonchev–Trinajstić information content (AvgIpc) is 2.92. The molecule has 226 valence electrons. The molecule has 0 aliphatic heterocycles. The Morgan fingerprint density at radius 3 is 2.10 bits per heavy atom. The second-order valence-electron chi connectivity index (χ2n) is 11.6. The van der Waals surface area contributed by atoms with Crippen molar-refractivity contribution >= 4 is 23.6 Å².